The van der Waals surface area contributed by atoms with Gasteiger partial charge in [-0.15, -0.1) is 0 Å². The molecule has 5 heteroatoms. The van der Waals surface area contributed by atoms with Gasteiger partial charge in [0.05, 0.1) is 11.6 Å². The van der Waals surface area contributed by atoms with Gasteiger partial charge in [0, 0.05) is 27.2 Å². The van der Waals surface area contributed by atoms with Gasteiger partial charge in [0.2, 0.25) is 0 Å². The van der Waals surface area contributed by atoms with Crippen LogP contribution in [0.5, 0.6) is 0 Å². The van der Waals surface area contributed by atoms with Crippen molar-refractivity contribution >= 4 is 5.96 Å². The van der Waals surface area contributed by atoms with Crippen LogP contribution in [-0.2, 0) is 4.74 Å². The quantitative estimate of drug-likeness (QED) is 0.538. The topological polar surface area (TPSA) is 48.9 Å². The van der Waals surface area contributed by atoms with Crippen molar-refractivity contribution in [2.24, 2.45) is 4.99 Å². The monoisotopic (exact) mass is 334 g/mol. The SMILES string of the molecule is CCN(CC)C(CNC(=NC)NCC(C)(C)OC)c1ccccc1. The summed E-state index contributed by atoms with van der Waals surface area (Å²) in [5, 5.41) is 6.79. The Balaban J connectivity index is 2.73. The van der Waals surface area contributed by atoms with Crippen LogP contribution in [0.15, 0.2) is 35.3 Å². The molecular formula is C19H34N4O. The Kier molecular flexibility index (Phi) is 8.79. The number of rotatable bonds is 9. The highest BCUT2D eigenvalue weighted by Gasteiger charge is 2.19. The molecule has 0 saturated carbocycles. The van der Waals surface area contributed by atoms with Gasteiger partial charge in [-0.1, -0.05) is 44.2 Å². The van der Waals surface area contributed by atoms with Gasteiger partial charge in [0.15, 0.2) is 5.96 Å². The van der Waals surface area contributed by atoms with E-state index in [9.17, 15) is 0 Å². The first-order valence-electron chi connectivity index (χ1n) is 8.76. The molecule has 0 bridgehead atoms. The lowest BCUT2D eigenvalue weighted by Gasteiger charge is -2.31. The molecule has 0 heterocycles. The van der Waals surface area contributed by atoms with Crippen LogP contribution in [0.25, 0.3) is 0 Å². The number of nitrogens with one attached hydrogen (secondary N) is 2. The zero-order valence-electron chi connectivity index (χ0n) is 16.1. The van der Waals surface area contributed by atoms with Crippen molar-refractivity contribution in [1.82, 2.24) is 15.5 Å². The van der Waals surface area contributed by atoms with Crippen LogP contribution in [0.1, 0.15) is 39.3 Å². The van der Waals surface area contributed by atoms with Crippen molar-refractivity contribution in [2.75, 3.05) is 40.3 Å². The number of benzene rings is 1. The zero-order chi connectivity index (χ0) is 18.0. The second-order valence-electron chi connectivity index (χ2n) is 6.42. The van der Waals surface area contributed by atoms with Crippen molar-refractivity contribution in [3.05, 3.63) is 35.9 Å². The predicted molar refractivity (Wildman–Crippen MR) is 103 cm³/mol. The van der Waals surface area contributed by atoms with E-state index >= 15 is 0 Å². The van der Waals surface area contributed by atoms with Crippen LogP contribution in [0, 0.1) is 0 Å². The Morgan fingerprint density at radius 3 is 2.29 bits per heavy atom. The highest BCUT2D eigenvalue weighted by atomic mass is 16.5. The van der Waals surface area contributed by atoms with Gasteiger partial charge in [0.1, 0.15) is 0 Å². The number of guanidine groups is 1. The highest BCUT2D eigenvalue weighted by molar-refractivity contribution is 5.79. The van der Waals surface area contributed by atoms with E-state index in [1.807, 2.05) is 0 Å². The lowest BCUT2D eigenvalue weighted by atomic mass is 10.1. The van der Waals surface area contributed by atoms with E-state index in [0.29, 0.717) is 12.6 Å². The second-order valence-corrected chi connectivity index (χ2v) is 6.42. The van der Waals surface area contributed by atoms with E-state index in [4.69, 9.17) is 4.74 Å². The Hall–Kier alpha value is -1.59. The Labute approximate surface area is 147 Å². The summed E-state index contributed by atoms with van der Waals surface area (Å²) in [5.74, 6) is 0.799. The first-order chi connectivity index (χ1) is 11.5. The van der Waals surface area contributed by atoms with Crippen LogP contribution >= 0.6 is 0 Å². The summed E-state index contributed by atoms with van der Waals surface area (Å²) in [6.45, 7) is 12.0. The number of methoxy groups -OCH3 is 1. The molecule has 1 atom stereocenters. The molecule has 1 rings (SSSR count). The fourth-order valence-electron chi connectivity index (χ4n) is 2.58. The van der Waals surface area contributed by atoms with E-state index in [2.05, 4.69) is 78.6 Å². The number of aliphatic imine (C=N–C) groups is 1. The largest absolute Gasteiger partial charge is 0.377 e. The summed E-state index contributed by atoms with van der Waals surface area (Å²) < 4.78 is 5.45. The smallest absolute Gasteiger partial charge is 0.191 e. The fraction of sp³-hybridized carbons (Fsp3) is 0.632. The van der Waals surface area contributed by atoms with Gasteiger partial charge in [0.25, 0.3) is 0 Å². The minimum Gasteiger partial charge on any atom is -0.377 e. The third-order valence-electron chi connectivity index (χ3n) is 4.36. The number of hydrogen-bond acceptors (Lipinski definition) is 3. The molecule has 24 heavy (non-hydrogen) atoms. The number of nitrogens with zero attached hydrogens (tertiary/aromatic N) is 2. The average molecular weight is 335 g/mol. The van der Waals surface area contributed by atoms with Crippen molar-refractivity contribution in [3.63, 3.8) is 0 Å². The molecule has 0 aliphatic heterocycles. The van der Waals surface area contributed by atoms with Crippen molar-refractivity contribution < 1.29 is 4.74 Å². The molecular weight excluding hydrogens is 300 g/mol. The van der Waals surface area contributed by atoms with E-state index in [0.717, 1.165) is 25.6 Å². The lowest BCUT2D eigenvalue weighted by molar-refractivity contribution is 0.0268. The van der Waals surface area contributed by atoms with Crippen LogP contribution in [0.4, 0.5) is 0 Å². The van der Waals surface area contributed by atoms with Crippen molar-refractivity contribution in [1.29, 1.82) is 0 Å². The van der Waals surface area contributed by atoms with Crippen LogP contribution in [0.3, 0.4) is 0 Å². The van der Waals surface area contributed by atoms with Gasteiger partial charge in [-0.25, -0.2) is 0 Å². The van der Waals surface area contributed by atoms with E-state index in [1.54, 1.807) is 14.2 Å². The van der Waals surface area contributed by atoms with Crippen LogP contribution in [-0.4, -0.2) is 56.8 Å². The van der Waals surface area contributed by atoms with Gasteiger partial charge < -0.3 is 15.4 Å². The fourth-order valence-corrected chi connectivity index (χ4v) is 2.58. The van der Waals surface area contributed by atoms with Gasteiger partial charge >= 0.3 is 0 Å². The summed E-state index contributed by atoms with van der Waals surface area (Å²) in [4.78, 5) is 6.78. The summed E-state index contributed by atoms with van der Waals surface area (Å²) in [7, 11) is 3.52. The van der Waals surface area contributed by atoms with E-state index in [1.165, 1.54) is 5.56 Å². The van der Waals surface area contributed by atoms with E-state index in [-0.39, 0.29) is 5.60 Å². The Bertz CT molecular complexity index is 483. The van der Waals surface area contributed by atoms with Gasteiger partial charge in [-0.05, 0) is 32.5 Å². The highest BCUT2D eigenvalue weighted by Crippen LogP contribution is 2.19. The average Bonchev–Trinajstić information content (AvgIpc) is 2.61. The minimum absolute atomic E-state index is 0.227. The van der Waals surface area contributed by atoms with Crippen LogP contribution < -0.4 is 10.6 Å². The molecule has 0 aliphatic rings. The third kappa shape index (κ3) is 6.49. The first-order valence-corrected chi connectivity index (χ1v) is 8.76. The molecule has 0 aromatic heterocycles. The Morgan fingerprint density at radius 2 is 1.79 bits per heavy atom. The number of ether oxygens (including phenoxy) is 1. The molecule has 0 aliphatic carbocycles. The van der Waals surface area contributed by atoms with E-state index < -0.39 is 0 Å². The molecule has 1 aromatic rings. The molecule has 1 unspecified atom stereocenters. The maximum absolute atomic E-state index is 5.45. The van der Waals surface area contributed by atoms with Crippen LogP contribution in [0.2, 0.25) is 0 Å². The maximum Gasteiger partial charge on any atom is 0.191 e. The summed E-state index contributed by atoms with van der Waals surface area (Å²) in [6.07, 6.45) is 0. The molecule has 0 radical (unpaired) electrons. The first kappa shape index (κ1) is 20.5. The molecule has 0 fully saturated rings. The predicted octanol–water partition coefficient (Wildman–Crippen LogP) is 2.66. The van der Waals surface area contributed by atoms with Crippen molar-refractivity contribution in [2.45, 2.75) is 39.3 Å². The summed E-state index contributed by atoms with van der Waals surface area (Å²) in [5.41, 5.74) is 1.09. The maximum atomic E-state index is 5.45. The molecule has 2 N–H and O–H groups in total. The van der Waals surface area contributed by atoms with Gasteiger partial charge in [-0.2, -0.15) is 0 Å². The molecule has 5 nitrogen and oxygen atoms in total. The molecule has 0 saturated heterocycles. The molecule has 136 valence electrons. The number of likely N-dealkylation sites (N-methyl/N-ethyl adjacent to an activating group) is 1. The second kappa shape index (κ2) is 10.3. The number of hydrogen-bond donors (Lipinski definition) is 2. The van der Waals surface area contributed by atoms with Gasteiger partial charge in [-0.3, -0.25) is 9.89 Å². The summed E-state index contributed by atoms with van der Waals surface area (Å²) in [6, 6.07) is 10.9. The Morgan fingerprint density at radius 1 is 1.17 bits per heavy atom. The third-order valence-corrected chi connectivity index (χ3v) is 4.36. The molecule has 0 amide bonds. The standard InChI is InChI=1S/C19H34N4O/c1-7-23(8-2)17(16-12-10-9-11-13-16)14-21-18(20-5)22-15-19(3,4)24-6/h9-13,17H,7-8,14-15H2,1-6H3,(H2,20,21,22). The zero-order valence-corrected chi connectivity index (χ0v) is 16.1. The normalized spacial score (nSPS) is 13.9. The lowest BCUT2D eigenvalue weighted by Crippen LogP contribution is -2.47. The minimum atomic E-state index is -0.227. The van der Waals surface area contributed by atoms with Crippen molar-refractivity contribution in [3.8, 4) is 0 Å². The molecule has 0 spiro atoms. The molecule has 1 aromatic carbocycles. The summed E-state index contributed by atoms with van der Waals surface area (Å²) >= 11 is 0.